The standard InChI is InChI=1S/C9H12BrNS/c10-7-5-8(12-6-7)1-2-9(11)3-4-9/h5-6H,1-4,11H2. The maximum atomic E-state index is 5.99. The van der Waals surface area contributed by atoms with Gasteiger partial charge in [-0.1, -0.05) is 0 Å². The Morgan fingerprint density at radius 1 is 1.58 bits per heavy atom. The fourth-order valence-corrected chi connectivity index (χ4v) is 2.72. The number of nitrogens with two attached hydrogens (primary N) is 1. The van der Waals surface area contributed by atoms with Crippen LogP contribution in [0.1, 0.15) is 24.1 Å². The molecule has 0 saturated heterocycles. The lowest BCUT2D eigenvalue weighted by atomic mass is 10.1. The third-order valence-electron chi connectivity index (χ3n) is 2.38. The molecule has 3 heteroatoms. The summed E-state index contributed by atoms with van der Waals surface area (Å²) < 4.78 is 1.20. The Morgan fingerprint density at radius 2 is 2.33 bits per heavy atom. The second kappa shape index (κ2) is 3.13. The molecular weight excluding hydrogens is 234 g/mol. The summed E-state index contributed by atoms with van der Waals surface area (Å²) in [5.74, 6) is 0. The molecule has 1 saturated carbocycles. The zero-order valence-electron chi connectivity index (χ0n) is 6.85. The van der Waals surface area contributed by atoms with Gasteiger partial charge in [0.15, 0.2) is 0 Å². The minimum absolute atomic E-state index is 0.205. The van der Waals surface area contributed by atoms with E-state index in [-0.39, 0.29) is 5.54 Å². The molecule has 1 aliphatic rings. The highest BCUT2D eigenvalue weighted by atomic mass is 79.9. The van der Waals surface area contributed by atoms with Crippen molar-refractivity contribution >= 4 is 27.3 Å². The van der Waals surface area contributed by atoms with Gasteiger partial charge in [0.2, 0.25) is 0 Å². The minimum Gasteiger partial charge on any atom is -0.325 e. The average Bonchev–Trinajstić information content (AvgIpc) is 2.60. The summed E-state index contributed by atoms with van der Waals surface area (Å²) in [7, 11) is 0. The van der Waals surface area contributed by atoms with E-state index in [2.05, 4.69) is 27.4 Å². The van der Waals surface area contributed by atoms with Crippen LogP contribution < -0.4 is 5.73 Å². The van der Waals surface area contributed by atoms with Crippen LogP contribution >= 0.6 is 27.3 Å². The second-order valence-corrected chi connectivity index (χ2v) is 5.51. The Balaban J connectivity index is 1.87. The molecule has 1 aromatic heterocycles. The highest BCUT2D eigenvalue weighted by Crippen LogP contribution is 2.37. The van der Waals surface area contributed by atoms with E-state index in [1.807, 2.05) is 11.3 Å². The van der Waals surface area contributed by atoms with Crippen molar-refractivity contribution in [3.63, 3.8) is 0 Å². The highest BCUT2D eigenvalue weighted by molar-refractivity contribution is 9.10. The summed E-state index contributed by atoms with van der Waals surface area (Å²) in [5.41, 5.74) is 6.20. The molecule has 1 nitrogen and oxygen atoms in total. The lowest BCUT2D eigenvalue weighted by molar-refractivity contribution is 0.612. The van der Waals surface area contributed by atoms with Gasteiger partial charge in [-0.2, -0.15) is 0 Å². The van der Waals surface area contributed by atoms with Gasteiger partial charge in [0.05, 0.1) is 0 Å². The molecule has 2 rings (SSSR count). The Labute approximate surface area is 85.1 Å². The molecule has 0 bridgehead atoms. The van der Waals surface area contributed by atoms with Gasteiger partial charge in [0, 0.05) is 20.3 Å². The van der Waals surface area contributed by atoms with Crippen LogP contribution in [0.25, 0.3) is 0 Å². The quantitative estimate of drug-likeness (QED) is 0.871. The molecule has 0 amide bonds. The third-order valence-corrected chi connectivity index (χ3v) is 4.14. The number of rotatable bonds is 3. The van der Waals surface area contributed by atoms with E-state index in [0.717, 1.165) is 12.8 Å². The van der Waals surface area contributed by atoms with E-state index in [4.69, 9.17) is 5.73 Å². The zero-order chi connectivity index (χ0) is 8.60. The predicted molar refractivity (Wildman–Crippen MR) is 56.5 cm³/mol. The molecule has 2 N–H and O–H groups in total. The minimum atomic E-state index is 0.205. The maximum absolute atomic E-state index is 5.99. The van der Waals surface area contributed by atoms with Gasteiger partial charge in [-0.05, 0) is 47.7 Å². The van der Waals surface area contributed by atoms with Gasteiger partial charge < -0.3 is 5.73 Å². The normalized spacial score (nSPS) is 19.5. The van der Waals surface area contributed by atoms with Gasteiger partial charge in [0.1, 0.15) is 0 Å². The molecule has 0 aromatic carbocycles. The van der Waals surface area contributed by atoms with Gasteiger partial charge in [-0.15, -0.1) is 11.3 Å². The van der Waals surface area contributed by atoms with E-state index in [1.54, 1.807) is 0 Å². The third kappa shape index (κ3) is 2.09. The van der Waals surface area contributed by atoms with Crippen molar-refractivity contribution in [2.45, 2.75) is 31.2 Å². The number of thiophene rings is 1. The first-order valence-electron chi connectivity index (χ1n) is 4.20. The van der Waals surface area contributed by atoms with Gasteiger partial charge >= 0.3 is 0 Å². The molecular formula is C9H12BrNS. The first kappa shape index (κ1) is 8.73. The van der Waals surface area contributed by atoms with Crippen LogP contribution in [-0.4, -0.2) is 5.54 Å². The van der Waals surface area contributed by atoms with Gasteiger partial charge in [-0.3, -0.25) is 0 Å². The van der Waals surface area contributed by atoms with E-state index in [0.29, 0.717) is 0 Å². The molecule has 1 fully saturated rings. The number of hydrogen-bond acceptors (Lipinski definition) is 2. The molecule has 0 radical (unpaired) electrons. The fraction of sp³-hybridized carbons (Fsp3) is 0.556. The Hall–Kier alpha value is 0.140. The number of aryl methyl sites for hydroxylation is 1. The number of halogens is 1. The fourth-order valence-electron chi connectivity index (χ4n) is 1.27. The molecule has 1 heterocycles. The molecule has 1 aromatic rings. The first-order valence-corrected chi connectivity index (χ1v) is 5.87. The van der Waals surface area contributed by atoms with Crippen molar-refractivity contribution in [1.29, 1.82) is 0 Å². The summed E-state index contributed by atoms with van der Waals surface area (Å²) in [5, 5.41) is 2.13. The van der Waals surface area contributed by atoms with Crippen LogP contribution in [0.3, 0.4) is 0 Å². The van der Waals surface area contributed by atoms with E-state index in [1.165, 1.54) is 22.2 Å². The molecule has 0 unspecified atom stereocenters. The van der Waals surface area contributed by atoms with Gasteiger partial charge in [-0.25, -0.2) is 0 Å². The van der Waals surface area contributed by atoms with Gasteiger partial charge in [0.25, 0.3) is 0 Å². The van der Waals surface area contributed by atoms with E-state index >= 15 is 0 Å². The lowest BCUT2D eigenvalue weighted by Gasteiger charge is -2.05. The molecule has 12 heavy (non-hydrogen) atoms. The Kier molecular flexibility index (Phi) is 2.27. The molecule has 66 valence electrons. The summed E-state index contributed by atoms with van der Waals surface area (Å²) in [6.07, 6.45) is 4.74. The van der Waals surface area contributed by atoms with Crippen LogP contribution in [0.5, 0.6) is 0 Å². The number of hydrogen-bond donors (Lipinski definition) is 1. The molecule has 0 aliphatic heterocycles. The zero-order valence-corrected chi connectivity index (χ0v) is 9.25. The average molecular weight is 246 g/mol. The van der Waals surface area contributed by atoms with Crippen LogP contribution in [0.15, 0.2) is 15.9 Å². The maximum Gasteiger partial charge on any atom is 0.0285 e. The molecule has 1 aliphatic carbocycles. The SMILES string of the molecule is NC1(CCc2cc(Br)cs2)CC1. The predicted octanol–water partition coefficient (Wildman–Crippen LogP) is 2.93. The van der Waals surface area contributed by atoms with Crippen LogP contribution in [0.2, 0.25) is 0 Å². The van der Waals surface area contributed by atoms with Crippen LogP contribution in [0.4, 0.5) is 0 Å². The first-order chi connectivity index (χ1) is 5.68. The van der Waals surface area contributed by atoms with E-state index < -0.39 is 0 Å². The Bertz CT molecular complexity index is 278. The van der Waals surface area contributed by atoms with Crippen LogP contribution in [-0.2, 0) is 6.42 Å². The van der Waals surface area contributed by atoms with Crippen molar-refractivity contribution in [2.75, 3.05) is 0 Å². The van der Waals surface area contributed by atoms with Crippen molar-refractivity contribution in [3.05, 3.63) is 20.8 Å². The summed E-state index contributed by atoms with van der Waals surface area (Å²) >= 11 is 5.26. The van der Waals surface area contributed by atoms with Crippen molar-refractivity contribution in [2.24, 2.45) is 5.73 Å². The van der Waals surface area contributed by atoms with Crippen molar-refractivity contribution in [3.8, 4) is 0 Å². The largest absolute Gasteiger partial charge is 0.325 e. The molecule has 0 spiro atoms. The highest BCUT2D eigenvalue weighted by Gasteiger charge is 2.37. The summed E-state index contributed by atoms with van der Waals surface area (Å²) in [4.78, 5) is 1.44. The topological polar surface area (TPSA) is 26.0 Å². The summed E-state index contributed by atoms with van der Waals surface area (Å²) in [6.45, 7) is 0. The van der Waals surface area contributed by atoms with E-state index in [9.17, 15) is 0 Å². The van der Waals surface area contributed by atoms with Crippen molar-refractivity contribution in [1.82, 2.24) is 0 Å². The smallest absolute Gasteiger partial charge is 0.0285 e. The lowest BCUT2D eigenvalue weighted by Crippen LogP contribution is -2.21. The molecule has 0 atom stereocenters. The van der Waals surface area contributed by atoms with Crippen molar-refractivity contribution < 1.29 is 0 Å². The second-order valence-electron chi connectivity index (χ2n) is 3.59. The summed E-state index contributed by atoms with van der Waals surface area (Å²) in [6, 6.07) is 2.19. The monoisotopic (exact) mass is 245 g/mol. The van der Waals surface area contributed by atoms with Crippen LogP contribution in [0, 0.1) is 0 Å². The Morgan fingerprint density at radius 3 is 2.83 bits per heavy atom.